The fraction of sp³-hybridized carbons (Fsp3) is 0.333. The van der Waals surface area contributed by atoms with Crippen molar-refractivity contribution in [3.05, 3.63) is 53.2 Å². The number of amides is 1. The molecule has 0 unspecified atom stereocenters. The van der Waals surface area contributed by atoms with Crippen molar-refractivity contribution in [1.82, 2.24) is 4.98 Å². The maximum atomic E-state index is 12.4. The summed E-state index contributed by atoms with van der Waals surface area (Å²) in [5.41, 5.74) is 3.84. The number of carbonyl (C=O) groups excluding carboxylic acids is 1. The van der Waals surface area contributed by atoms with Gasteiger partial charge in [0, 0.05) is 18.7 Å². The van der Waals surface area contributed by atoms with Crippen LogP contribution in [-0.2, 0) is 4.74 Å². The van der Waals surface area contributed by atoms with Crippen molar-refractivity contribution in [2.45, 2.75) is 13.8 Å². The van der Waals surface area contributed by atoms with Gasteiger partial charge in [0.25, 0.3) is 5.91 Å². The van der Waals surface area contributed by atoms with Crippen LogP contribution >= 0.6 is 0 Å². The molecule has 5 nitrogen and oxygen atoms in total. The largest absolute Gasteiger partial charge is 0.378 e. The predicted molar refractivity (Wildman–Crippen MR) is 91.1 cm³/mol. The number of nitrogens with zero attached hydrogens (tertiary/aromatic N) is 2. The molecule has 0 radical (unpaired) electrons. The Hall–Kier alpha value is -2.40. The van der Waals surface area contributed by atoms with E-state index in [1.54, 1.807) is 6.20 Å². The van der Waals surface area contributed by atoms with Crippen molar-refractivity contribution in [2.75, 3.05) is 36.5 Å². The second kappa shape index (κ2) is 6.79. The van der Waals surface area contributed by atoms with Crippen molar-refractivity contribution in [1.29, 1.82) is 0 Å². The van der Waals surface area contributed by atoms with Crippen LogP contribution in [0.5, 0.6) is 0 Å². The van der Waals surface area contributed by atoms with Gasteiger partial charge >= 0.3 is 0 Å². The lowest BCUT2D eigenvalue weighted by Gasteiger charge is -2.28. The van der Waals surface area contributed by atoms with Gasteiger partial charge in [-0.05, 0) is 43.2 Å². The number of carbonyl (C=O) groups is 1. The molecule has 1 aromatic heterocycles. The fourth-order valence-corrected chi connectivity index (χ4v) is 2.65. The molecule has 1 N–H and O–H groups in total. The molecule has 23 heavy (non-hydrogen) atoms. The maximum Gasteiger partial charge on any atom is 0.257 e. The van der Waals surface area contributed by atoms with Gasteiger partial charge in [-0.2, -0.15) is 0 Å². The summed E-state index contributed by atoms with van der Waals surface area (Å²) in [6.45, 7) is 7.18. The monoisotopic (exact) mass is 311 g/mol. The van der Waals surface area contributed by atoms with Crippen molar-refractivity contribution in [2.24, 2.45) is 0 Å². The van der Waals surface area contributed by atoms with Crippen LogP contribution in [0.4, 0.5) is 11.5 Å². The summed E-state index contributed by atoms with van der Waals surface area (Å²) in [6, 6.07) is 9.55. The van der Waals surface area contributed by atoms with E-state index in [9.17, 15) is 4.79 Å². The molecule has 0 spiro atoms. The molecule has 1 amide bonds. The Morgan fingerprint density at radius 2 is 1.96 bits per heavy atom. The number of anilines is 2. The van der Waals surface area contributed by atoms with Gasteiger partial charge in [-0.1, -0.05) is 12.1 Å². The summed E-state index contributed by atoms with van der Waals surface area (Å²) in [4.78, 5) is 19.0. The van der Waals surface area contributed by atoms with Crippen molar-refractivity contribution < 1.29 is 9.53 Å². The highest BCUT2D eigenvalue weighted by molar-refractivity contribution is 6.05. The number of rotatable bonds is 3. The zero-order chi connectivity index (χ0) is 16.2. The molecule has 0 atom stereocenters. The molecule has 2 heterocycles. The van der Waals surface area contributed by atoms with Crippen LogP contribution in [0.15, 0.2) is 36.5 Å². The Balaban J connectivity index is 1.70. The summed E-state index contributed by atoms with van der Waals surface area (Å²) in [5.74, 6) is 0.436. The second-order valence-corrected chi connectivity index (χ2v) is 5.70. The molecule has 1 saturated heterocycles. The van der Waals surface area contributed by atoms with Gasteiger partial charge in [0.05, 0.1) is 25.1 Å². The number of aryl methyl sites for hydroxylation is 1. The second-order valence-electron chi connectivity index (χ2n) is 5.70. The number of morpholine rings is 1. The summed E-state index contributed by atoms with van der Waals surface area (Å²) in [6.07, 6.45) is 1.80. The van der Waals surface area contributed by atoms with E-state index in [0.717, 1.165) is 43.1 Å². The molecule has 0 bridgehead atoms. The molecule has 1 fully saturated rings. The molecule has 1 aromatic carbocycles. The Kier molecular flexibility index (Phi) is 4.57. The summed E-state index contributed by atoms with van der Waals surface area (Å²) < 4.78 is 5.35. The van der Waals surface area contributed by atoms with E-state index in [2.05, 4.69) is 15.2 Å². The predicted octanol–water partition coefficient (Wildman–Crippen LogP) is 2.79. The van der Waals surface area contributed by atoms with Gasteiger partial charge in [0.2, 0.25) is 0 Å². The van der Waals surface area contributed by atoms with Crippen LogP contribution in [0.3, 0.4) is 0 Å². The van der Waals surface area contributed by atoms with E-state index < -0.39 is 0 Å². The molecule has 2 aromatic rings. The zero-order valence-electron chi connectivity index (χ0n) is 13.5. The first-order valence-electron chi connectivity index (χ1n) is 7.81. The first-order chi connectivity index (χ1) is 11.1. The van der Waals surface area contributed by atoms with Crippen LogP contribution < -0.4 is 10.2 Å². The van der Waals surface area contributed by atoms with E-state index in [4.69, 9.17) is 4.74 Å². The Bertz CT molecular complexity index is 692. The molecule has 5 heteroatoms. The van der Waals surface area contributed by atoms with Crippen LogP contribution in [0.1, 0.15) is 21.5 Å². The zero-order valence-corrected chi connectivity index (χ0v) is 13.5. The average Bonchev–Trinajstić information content (AvgIpc) is 2.59. The van der Waals surface area contributed by atoms with Gasteiger partial charge in [-0.25, -0.2) is 4.98 Å². The van der Waals surface area contributed by atoms with E-state index in [1.807, 2.05) is 44.2 Å². The van der Waals surface area contributed by atoms with Crippen molar-refractivity contribution in [3.8, 4) is 0 Å². The minimum absolute atomic E-state index is 0.127. The van der Waals surface area contributed by atoms with E-state index in [0.29, 0.717) is 11.4 Å². The smallest absolute Gasteiger partial charge is 0.257 e. The quantitative estimate of drug-likeness (QED) is 0.947. The highest BCUT2D eigenvalue weighted by atomic mass is 16.5. The van der Waals surface area contributed by atoms with Gasteiger partial charge in [0.1, 0.15) is 5.82 Å². The summed E-state index contributed by atoms with van der Waals surface area (Å²) in [5, 5.41) is 2.86. The number of nitrogens with one attached hydrogen (secondary N) is 1. The topological polar surface area (TPSA) is 54.5 Å². The molecule has 0 saturated carbocycles. The number of hydrogen-bond donors (Lipinski definition) is 1. The molecule has 1 aliphatic rings. The third kappa shape index (κ3) is 3.51. The Morgan fingerprint density at radius 1 is 1.17 bits per heavy atom. The average molecular weight is 311 g/mol. The molecular formula is C18H21N3O2. The van der Waals surface area contributed by atoms with Crippen molar-refractivity contribution in [3.63, 3.8) is 0 Å². The first-order valence-corrected chi connectivity index (χ1v) is 7.81. The lowest BCUT2D eigenvalue weighted by molar-refractivity contribution is 0.102. The normalized spacial score (nSPS) is 14.6. The standard InChI is InChI=1S/C18H21N3O2/c1-13-4-3-5-16(14(13)2)18(22)20-17-7-6-15(12-19-17)21-8-10-23-11-9-21/h3-7,12H,8-11H2,1-2H3,(H,19,20,22). The van der Waals surface area contributed by atoms with Gasteiger partial charge < -0.3 is 15.0 Å². The number of hydrogen-bond acceptors (Lipinski definition) is 4. The Labute approximate surface area is 136 Å². The number of ether oxygens (including phenoxy) is 1. The number of aromatic nitrogens is 1. The molecule has 3 rings (SSSR count). The molecular weight excluding hydrogens is 290 g/mol. The van der Waals surface area contributed by atoms with E-state index in [-0.39, 0.29) is 5.91 Å². The number of pyridine rings is 1. The van der Waals surface area contributed by atoms with Gasteiger partial charge in [-0.3, -0.25) is 4.79 Å². The van der Waals surface area contributed by atoms with Crippen LogP contribution in [0.2, 0.25) is 0 Å². The lowest BCUT2D eigenvalue weighted by Crippen LogP contribution is -2.36. The Morgan fingerprint density at radius 3 is 2.65 bits per heavy atom. The third-order valence-corrected chi connectivity index (χ3v) is 4.21. The maximum absolute atomic E-state index is 12.4. The highest BCUT2D eigenvalue weighted by Crippen LogP contribution is 2.18. The van der Waals surface area contributed by atoms with Gasteiger partial charge in [-0.15, -0.1) is 0 Å². The number of benzene rings is 1. The van der Waals surface area contributed by atoms with E-state index in [1.165, 1.54) is 0 Å². The minimum Gasteiger partial charge on any atom is -0.378 e. The summed E-state index contributed by atoms with van der Waals surface area (Å²) in [7, 11) is 0. The summed E-state index contributed by atoms with van der Waals surface area (Å²) >= 11 is 0. The lowest BCUT2D eigenvalue weighted by atomic mass is 10.0. The molecule has 0 aliphatic carbocycles. The third-order valence-electron chi connectivity index (χ3n) is 4.21. The SMILES string of the molecule is Cc1cccc(C(=O)Nc2ccc(N3CCOCC3)cn2)c1C. The first kappa shape index (κ1) is 15.5. The fourth-order valence-electron chi connectivity index (χ4n) is 2.65. The van der Waals surface area contributed by atoms with Crippen molar-refractivity contribution >= 4 is 17.4 Å². The molecule has 1 aliphatic heterocycles. The van der Waals surface area contributed by atoms with Crippen LogP contribution in [-0.4, -0.2) is 37.2 Å². The van der Waals surface area contributed by atoms with Crippen LogP contribution in [0.25, 0.3) is 0 Å². The van der Waals surface area contributed by atoms with Crippen LogP contribution in [0, 0.1) is 13.8 Å². The highest BCUT2D eigenvalue weighted by Gasteiger charge is 2.13. The van der Waals surface area contributed by atoms with E-state index >= 15 is 0 Å². The van der Waals surface area contributed by atoms with Gasteiger partial charge in [0.15, 0.2) is 0 Å². The molecule has 120 valence electrons. The minimum atomic E-state index is -0.127.